The number of benzene rings is 2. The lowest BCUT2D eigenvalue weighted by Crippen LogP contribution is -2.42. The molecule has 1 aliphatic rings. The Morgan fingerprint density at radius 3 is 2.55 bits per heavy atom. The molecule has 2 amide bonds. The normalized spacial score (nSPS) is 14.7. The summed E-state index contributed by atoms with van der Waals surface area (Å²) >= 11 is 0. The fourth-order valence-electron chi connectivity index (χ4n) is 4.49. The highest BCUT2D eigenvalue weighted by Gasteiger charge is 2.31. The van der Waals surface area contributed by atoms with E-state index in [1.807, 2.05) is 19.9 Å². The molecule has 5 rings (SSSR count). The number of amides is 2. The van der Waals surface area contributed by atoms with E-state index < -0.39 is 29.6 Å². The SMILES string of the molecule is CCn1ncc(C(=O)N[C@H]2N=C(c3ccccc3)c3cccc(F)c3NC2=O)c1-c1ncc(NC(C)C)cc1F. The Morgan fingerprint density at radius 1 is 1.07 bits per heavy atom. The molecule has 0 radical (unpaired) electrons. The molecule has 40 heavy (non-hydrogen) atoms. The molecule has 4 aromatic rings. The van der Waals surface area contributed by atoms with Gasteiger partial charge in [-0.05, 0) is 26.8 Å². The standard InChI is InChI=1S/C29H27F2N7O2/c1-4-38-26(25-22(31)13-18(14-32-25)34-16(2)3)20(15-33-38)28(39)37-27-29(40)36-24-19(11-8-12-21(24)30)23(35-27)17-9-6-5-7-10-17/h5-16,27,34H,4H2,1-3H3,(H,36,40)(H,37,39)/t27-/m1/s1. The predicted molar refractivity (Wildman–Crippen MR) is 148 cm³/mol. The minimum absolute atomic E-state index is 0.00928. The van der Waals surface area contributed by atoms with Crippen molar-refractivity contribution >= 4 is 28.9 Å². The van der Waals surface area contributed by atoms with Gasteiger partial charge in [-0.25, -0.2) is 18.8 Å². The fourth-order valence-corrected chi connectivity index (χ4v) is 4.49. The number of rotatable bonds is 7. The maximum absolute atomic E-state index is 15.2. The van der Waals surface area contributed by atoms with Crippen LogP contribution in [0.1, 0.15) is 42.3 Å². The largest absolute Gasteiger partial charge is 0.382 e. The summed E-state index contributed by atoms with van der Waals surface area (Å²) in [6.45, 7) is 5.97. The van der Waals surface area contributed by atoms with Gasteiger partial charge in [0.1, 0.15) is 17.2 Å². The summed E-state index contributed by atoms with van der Waals surface area (Å²) in [5.41, 5.74) is 1.89. The van der Waals surface area contributed by atoms with Crippen LogP contribution in [0, 0.1) is 11.6 Å². The first-order chi connectivity index (χ1) is 19.3. The van der Waals surface area contributed by atoms with E-state index in [0.717, 1.165) is 0 Å². The minimum Gasteiger partial charge on any atom is -0.382 e. The van der Waals surface area contributed by atoms with E-state index in [1.54, 1.807) is 37.3 Å². The maximum Gasteiger partial charge on any atom is 0.269 e. The molecule has 204 valence electrons. The van der Waals surface area contributed by atoms with E-state index in [0.29, 0.717) is 29.1 Å². The van der Waals surface area contributed by atoms with Crippen LogP contribution in [0.5, 0.6) is 0 Å². The van der Waals surface area contributed by atoms with Gasteiger partial charge in [0, 0.05) is 29.8 Å². The van der Waals surface area contributed by atoms with E-state index in [1.165, 1.54) is 35.3 Å². The molecule has 0 fully saturated rings. The van der Waals surface area contributed by atoms with Crippen LogP contribution in [-0.4, -0.2) is 44.5 Å². The Bertz CT molecular complexity index is 1620. The zero-order valence-electron chi connectivity index (χ0n) is 22.1. The molecule has 2 aromatic carbocycles. The first-order valence-corrected chi connectivity index (χ1v) is 12.8. The number of aliphatic imine (C=N–C) groups is 1. The minimum atomic E-state index is -1.41. The lowest BCUT2D eigenvalue weighted by Gasteiger charge is -2.15. The van der Waals surface area contributed by atoms with E-state index in [9.17, 15) is 14.0 Å². The number of fused-ring (bicyclic) bond motifs is 1. The second kappa shape index (κ2) is 11.0. The third kappa shape index (κ3) is 5.18. The van der Waals surface area contributed by atoms with E-state index in [2.05, 4.69) is 31.0 Å². The summed E-state index contributed by atoms with van der Waals surface area (Å²) in [6.07, 6.45) is 1.36. The van der Waals surface area contributed by atoms with Crippen molar-refractivity contribution in [1.82, 2.24) is 20.1 Å². The molecule has 0 saturated carbocycles. The lowest BCUT2D eigenvalue weighted by atomic mass is 10.0. The summed E-state index contributed by atoms with van der Waals surface area (Å²) < 4.78 is 31.5. The lowest BCUT2D eigenvalue weighted by molar-refractivity contribution is -0.117. The molecule has 3 heterocycles. The molecule has 2 aromatic heterocycles. The second-order valence-corrected chi connectivity index (χ2v) is 9.45. The van der Waals surface area contributed by atoms with Crippen LogP contribution in [0.2, 0.25) is 0 Å². The number of halogens is 2. The number of carbonyl (C=O) groups excluding carboxylic acids is 2. The Hall–Kier alpha value is -4.93. The van der Waals surface area contributed by atoms with Crippen molar-refractivity contribution in [3.63, 3.8) is 0 Å². The number of aryl methyl sites for hydroxylation is 1. The Morgan fingerprint density at radius 2 is 1.85 bits per heavy atom. The summed E-state index contributed by atoms with van der Waals surface area (Å²) in [5, 5.41) is 12.5. The number of nitrogens with one attached hydrogen (secondary N) is 3. The summed E-state index contributed by atoms with van der Waals surface area (Å²) in [7, 11) is 0. The Kier molecular flexibility index (Phi) is 7.37. The highest BCUT2D eigenvalue weighted by molar-refractivity contribution is 6.20. The zero-order valence-corrected chi connectivity index (χ0v) is 22.1. The number of carbonyl (C=O) groups is 2. The van der Waals surface area contributed by atoms with Crippen LogP contribution in [-0.2, 0) is 11.3 Å². The zero-order chi connectivity index (χ0) is 28.4. The maximum atomic E-state index is 15.2. The fraction of sp³-hybridized carbons (Fsp3) is 0.207. The van der Waals surface area contributed by atoms with Crippen LogP contribution >= 0.6 is 0 Å². The van der Waals surface area contributed by atoms with E-state index in [-0.39, 0.29) is 28.7 Å². The van der Waals surface area contributed by atoms with Gasteiger partial charge in [-0.1, -0.05) is 42.5 Å². The molecular formula is C29H27F2N7O2. The molecule has 1 aliphatic heterocycles. The number of benzodiazepines with no additional fused rings is 1. The van der Waals surface area contributed by atoms with Gasteiger partial charge >= 0.3 is 0 Å². The van der Waals surface area contributed by atoms with Gasteiger partial charge in [0.25, 0.3) is 11.8 Å². The van der Waals surface area contributed by atoms with Crippen molar-refractivity contribution in [2.45, 2.75) is 39.5 Å². The molecule has 0 spiro atoms. The number of anilines is 2. The Balaban J connectivity index is 1.53. The molecule has 0 aliphatic carbocycles. The molecule has 0 bridgehead atoms. The van der Waals surface area contributed by atoms with Gasteiger partial charge < -0.3 is 16.0 Å². The van der Waals surface area contributed by atoms with Gasteiger partial charge in [-0.15, -0.1) is 0 Å². The number of hydrogen-bond acceptors (Lipinski definition) is 6. The van der Waals surface area contributed by atoms with Crippen LogP contribution < -0.4 is 16.0 Å². The molecule has 0 saturated heterocycles. The third-order valence-electron chi connectivity index (χ3n) is 6.24. The first-order valence-electron chi connectivity index (χ1n) is 12.8. The van der Waals surface area contributed by atoms with Crippen LogP contribution in [0.3, 0.4) is 0 Å². The topological polar surface area (TPSA) is 113 Å². The summed E-state index contributed by atoms with van der Waals surface area (Å²) in [4.78, 5) is 35.5. The quantitative estimate of drug-likeness (QED) is 0.315. The van der Waals surface area contributed by atoms with E-state index >= 15 is 4.39 Å². The smallest absolute Gasteiger partial charge is 0.269 e. The van der Waals surface area contributed by atoms with Gasteiger partial charge in [0.05, 0.1) is 35.0 Å². The van der Waals surface area contributed by atoms with Gasteiger partial charge in [0.2, 0.25) is 6.17 Å². The summed E-state index contributed by atoms with van der Waals surface area (Å²) in [6, 6.07) is 14.7. The molecular weight excluding hydrogens is 516 g/mol. The monoisotopic (exact) mass is 543 g/mol. The van der Waals surface area contributed by atoms with E-state index in [4.69, 9.17) is 0 Å². The number of hydrogen-bond donors (Lipinski definition) is 3. The van der Waals surface area contributed by atoms with Crippen molar-refractivity contribution in [1.29, 1.82) is 0 Å². The highest BCUT2D eigenvalue weighted by Crippen LogP contribution is 2.29. The van der Waals surface area contributed by atoms with Gasteiger partial charge in [-0.3, -0.25) is 14.3 Å². The van der Waals surface area contributed by atoms with Gasteiger partial charge in [0.15, 0.2) is 5.82 Å². The van der Waals surface area contributed by atoms with Crippen molar-refractivity contribution in [3.8, 4) is 11.4 Å². The van der Waals surface area contributed by atoms with Crippen LogP contribution in [0.25, 0.3) is 11.4 Å². The molecule has 9 nitrogen and oxygen atoms in total. The number of nitrogens with zero attached hydrogens (tertiary/aromatic N) is 4. The number of aromatic nitrogens is 3. The molecule has 1 atom stereocenters. The van der Waals surface area contributed by atoms with Crippen molar-refractivity contribution in [2.24, 2.45) is 4.99 Å². The summed E-state index contributed by atoms with van der Waals surface area (Å²) in [5.74, 6) is -2.73. The van der Waals surface area contributed by atoms with Crippen molar-refractivity contribution < 1.29 is 18.4 Å². The van der Waals surface area contributed by atoms with Crippen LogP contribution in [0.15, 0.2) is 72.0 Å². The molecule has 11 heteroatoms. The van der Waals surface area contributed by atoms with Crippen molar-refractivity contribution in [2.75, 3.05) is 10.6 Å². The number of pyridine rings is 1. The average Bonchev–Trinajstić information content (AvgIpc) is 3.30. The molecule has 3 N–H and O–H groups in total. The molecule has 0 unspecified atom stereocenters. The predicted octanol–water partition coefficient (Wildman–Crippen LogP) is 4.61. The second-order valence-electron chi connectivity index (χ2n) is 9.45. The number of para-hydroxylation sites is 1. The van der Waals surface area contributed by atoms with Crippen LogP contribution in [0.4, 0.5) is 20.2 Å². The Labute approximate surface area is 229 Å². The average molecular weight is 544 g/mol. The van der Waals surface area contributed by atoms with Crippen molar-refractivity contribution in [3.05, 3.63) is 95.3 Å². The first kappa shape index (κ1) is 26.7. The third-order valence-corrected chi connectivity index (χ3v) is 6.24. The van der Waals surface area contributed by atoms with Gasteiger partial charge in [-0.2, -0.15) is 5.10 Å². The highest BCUT2D eigenvalue weighted by atomic mass is 19.1.